The van der Waals surface area contributed by atoms with Crippen molar-refractivity contribution < 1.29 is 133 Å². The molecule has 8 rings (SSSR count). The van der Waals surface area contributed by atoms with Gasteiger partial charge in [0.15, 0.2) is 151 Å². The second-order valence-electron chi connectivity index (χ2n) is 14.7. The summed E-state index contributed by atoms with van der Waals surface area (Å²) in [5.74, 6) is -105. The molecule has 1 aliphatic rings. The van der Waals surface area contributed by atoms with E-state index in [-0.39, 0.29) is 0 Å². The van der Waals surface area contributed by atoms with Crippen LogP contribution in [-0.2, 0) is 11.2 Å². The SMILES string of the molecule is OC1(c2c(F)c(F)c(F)c(F)c2F)c2c(F)c(F)c(F)c(F)c2C(O)(c2c(F)c(F)c(F)c(F)c2F)c2c1c(-c1c(F)c(F)c(F)c(F)c1F)c1c(F)c(F)c(F)c(F)c1c2-c1c(F)c(F)c(F)c(F)c1F. The highest BCUT2D eigenvalue weighted by Crippen LogP contribution is 2.64. The summed E-state index contributed by atoms with van der Waals surface area (Å²) in [6, 6.07) is 0. The summed E-state index contributed by atoms with van der Waals surface area (Å²) in [7, 11) is 0. The maximum Gasteiger partial charge on any atom is 0.200 e. The fourth-order valence-electron chi connectivity index (χ4n) is 8.38. The maximum absolute atomic E-state index is 16.8. The van der Waals surface area contributed by atoms with E-state index in [0.29, 0.717) is 0 Å². The highest BCUT2D eigenvalue weighted by Gasteiger charge is 2.63. The lowest BCUT2D eigenvalue weighted by molar-refractivity contribution is 0.0565. The van der Waals surface area contributed by atoms with Gasteiger partial charge in [-0.25, -0.2) is 123 Å². The topological polar surface area (TPSA) is 40.5 Å². The van der Waals surface area contributed by atoms with Crippen LogP contribution >= 0.6 is 0 Å². The molecule has 0 spiro atoms. The minimum Gasteiger partial charge on any atom is -0.376 e. The van der Waals surface area contributed by atoms with Crippen LogP contribution in [0.1, 0.15) is 33.4 Å². The molecule has 378 valence electrons. The summed E-state index contributed by atoms with van der Waals surface area (Å²) in [5, 5.41) is 18.7. The van der Waals surface area contributed by atoms with E-state index in [1.807, 2.05) is 0 Å². The first-order valence-electron chi connectivity index (χ1n) is 18.0. The van der Waals surface area contributed by atoms with E-state index >= 15 is 105 Å². The molecule has 0 aromatic heterocycles. The van der Waals surface area contributed by atoms with Gasteiger partial charge >= 0.3 is 0 Å². The van der Waals surface area contributed by atoms with Crippen LogP contribution in [0.2, 0.25) is 0 Å². The van der Waals surface area contributed by atoms with Crippen LogP contribution in [0.5, 0.6) is 0 Å². The molecule has 0 amide bonds. The molecule has 7 aromatic rings. The third kappa shape index (κ3) is 5.94. The van der Waals surface area contributed by atoms with Gasteiger partial charge in [0.2, 0.25) is 23.3 Å². The average molecular weight is 1070 g/mol. The summed E-state index contributed by atoms with van der Waals surface area (Å²) in [6.45, 7) is 0. The van der Waals surface area contributed by atoms with Crippen LogP contribution in [0.25, 0.3) is 33.0 Å². The van der Waals surface area contributed by atoms with Crippen LogP contribution in [0.4, 0.5) is 123 Å². The molecule has 72 heavy (non-hydrogen) atoms. The summed E-state index contributed by atoms with van der Waals surface area (Å²) < 4.78 is 441. The summed E-state index contributed by atoms with van der Waals surface area (Å²) in [6.07, 6.45) is 0. The quantitative estimate of drug-likeness (QED) is 0.105. The summed E-state index contributed by atoms with van der Waals surface area (Å²) in [5.41, 5.74) is -49.6. The van der Waals surface area contributed by atoms with E-state index in [9.17, 15) is 27.8 Å². The fraction of sp³-hybridized carbons (Fsp3) is 0.0476. The predicted octanol–water partition coefficient (Wildman–Crippen LogP) is 13.0. The van der Waals surface area contributed by atoms with Crippen LogP contribution in [0.3, 0.4) is 0 Å². The van der Waals surface area contributed by atoms with Crippen molar-refractivity contribution in [1.82, 2.24) is 0 Å². The Hall–Kier alpha value is -7.24. The van der Waals surface area contributed by atoms with Gasteiger partial charge in [-0.2, -0.15) is 0 Å². The first-order chi connectivity index (χ1) is 33.2. The normalized spacial score (nSPS) is 16.6. The Bertz CT molecular complexity index is 3370. The predicted molar refractivity (Wildman–Crippen MR) is 177 cm³/mol. The Morgan fingerprint density at radius 3 is 0.514 bits per heavy atom. The number of hydrogen-bond donors (Lipinski definition) is 2. The van der Waals surface area contributed by atoms with Gasteiger partial charge in [-0.05, 0) is 0 Å². The Balaban J connectivity index is 2.01. The highest BCUT2D eigenvalue weighted by molar-refractivity contribution is 6.11. The first kappa shape index (κ1) is 51.1. The highest BCUT2D eigenvalue weighted by atomic mass is 19.2. The molecule has 30 heteroatoms. The smallest absolute Gasteiger partial charge is 0.200 e. The third-order valence-corrected chi connectivity index (χ3v) is 11.3. The van der Waals surface area contributed by atoms with E-state index in [2.05, 4.69) is 0 Å². The van der Waals surface area contributed by atoms with Gasteiger partial charge in [0.25, 0.3) is 0 Å². The van der Waals surface area contributed by atoms with Crippen LogP contribution in [-0.4, -0.2) is 10.2 Å². The van der Waals surface area contributed by atoms with Gasteiger partial charge in [0.05, 0.1) is 22.3 Å². The molecular formula is C42H2F28O2. The molecule has 2 nitrogen and oxygen atoms in total. The van der Waals surface area contributed by atoms with Crippen LogP contribution in [0.15, 0.2) is 0 Å². The molecule has 2 N–H and O–H groups in total. The molecular weight excluding hydrogens is 1070 g/mol. The lowest BCUT2D eigenvalue weighted by Crippen LogP contribution is -2.49. The number of aliphatic hydroxyl groups is 2. The lowest BCUT2D eigenvalue weighted by atomic mass is 9.58. The zero-order valence-electron chi connectivity index (χ0n) is 32.5. The molecule has 2 unspecified atom stereocenters. The molecule has 0 aliphatic heterocycles. The Kier molecular flexibility index (Phi) is 11.5. The molecule has 0 heterocycles. The van der Waals surface area contributed by atoms with Gasteiger partial charge in [0.1, 0.15) is 0 Å². The van der Waals surface area contributed by atoms with Gasteiger partial charge in [0, 0.05) is 44.2 Å². The second-order valence-corrected chi connectivity index (χ2v) is 14.7. The molecule has 1 aliphatic carbocycles. The van der Waals surface area contributed by atoms with E-state index in [0.717, 1.165) is 0 Å². The molecule has 0 fully saturated rings. The second kappa shape index (κ2) is 16.1. The van der Waals surface area contributed by atoms with Crippen molar-refractivity contribution in [3.8, 4) is 22.3 Å². The number of hydrogen-bond acceptors (Lipinski definition) is 2. The van der Waals surface area contributed by atoms with Crippen LogP contribution < -0.4 is 0 Å². The molecule has 0 radical (unpaired) electrons. The van der Waals surface area contributed by atoms with Gasteiger partial charge < -0.3 is 10.2 Å². The van der Waals surface area contributed by atoms with Crippen molar-refractivity contribution in [1.29, 1.82) is 0 Å². The third-order valence-electron chi connectivity index (χ3n) is 11.3. The first-order valence-corrected chi connectivity index (χ1v) is 18.0. The zero-order valence-corrected chi connectivity index (χ0v) is 32.5. The number of rotatable bonds is 4. The van der Waals surface area contributed by atoms with Crippen LogP contribution in [0, 0.1) is 163 Å². The van der Waals surface area contributed by atoms with Crippen molar-refractivity contribution in [3.63, 3.8) is 0 Å². The van der Waals surface area contributed by atoms with Crippen molar-refractivity contribution in [2.75, 3.05) is 0 Å². The largest absolute Gasteiger partial charge is 0.376 e. The number of fused-ring (bicyclic) bond motifs is 3. The fourth-order valence-corrected chi connectivity index (χ4v) is 8.38. The molecule has 7 aromatic carbocycles. The molecule has 0 saturated heterocycles. The van der Waals surface area contributed by atoms with Crippen molar-refractivity contribution >= 4 is 10.8 Å². The van der Waals surface area contributed by atoms with Crippen molar-refractivity contribution in [2.45, 2.75) is 11.2 Å². The summed E-state index contributed by atoms with van der Waals surface area (Å²) in [4.78, 5) is 0. The molecule has 0 bridgehead atoms. The monoisotopic (exact) mass is 1070 g/mol. The lowest BCUT2D eigenvalue weighted by Gasteiger charge is -2.47. The van der Waals surface area contributed by atoms with E-state index in [1.165, 1.54) is 0 Å². The van der Waals surface area contributed by atoms with Gasteiger partial charge in [-0.1, -0.05) is 0 Å². The van der Waals surface area contributed by atoms with Gasteiger partial charge in [-0.15, -0.1) is 0 Å². The van der Waals surface area contributed by atoms with E-state index in [1.54, 1.807) is 0 Å². The van der Waals surface area contributed by atoms with Gasteiger partial charge in [-0.3, -0.25) is 0 Å². The van der Waals surface area contributed by atoms with Crippen molar-refractivity contribution in [2.24, 2.45) is 0 Å². The van der Waals surface area contributed by atoms with E-state index < -0.39 is 240 Å². The molecule has 0 saturated carbocycles. The maximum atomic E-state index is 16.8. The minimum atomic E-state index is -6.37. The number of benzene rings is 7. The standard InChI is InChI=1S/C42H2F28O2/c43-13-3-1(5-15(45)27(57)37(67)28(58)16(5)46)7-8(2(4(3)14(44)26(56)25(13)55)6-17(47)29(59)38(68)30(60)18(6)48)42(72,12-23(53)35(65)40(70)36(66)24(12)54)10-9(19(49)31(61)32(62)20(10)50)41(7,71)11-21(51)33(63)39(69)34(64)22(11)52/h71-72H. The Labute approximate surface area is 373 Å². The van der Waals surface area contributed by atoms with E-state index in [4.69, 9.17) is 0 Å². The number of halogens is 28. The molecule has 2 atom stereocenters. The zero-order chi connectivity index (χ0) is 54.1. The Morgan fingerprint density at radius 2 is 0.306 bits per heavy atom. The summed E-state index contributed by atoms with van der Waals surface area (Å²) >= 11 is 0. The Morgan fingerprint density at radius 1 is 0.153 bits per heavy atom. The average Bonchev–Trinajstić information content (AvgIpc) is 3.34. The minimum absolute atomic E-state index is 3.39. The van der Waals surface area contributed by atoms with Crippen molar-refractivity contribution in [3.05, 3.63) is 196 Å².